The number of ether oxygens (including phenoxy) is 1. The smallest absolute Gasteiger partial charge is 0.239 e. The fourth-order valence-corrected chi connectivity index (χ4v) is 2.19. The summed E-state index contributed by atoms with van der Waals surface area (Å²) in [5.41, 5.74) is 5.75. The summed E-state index contributed by atoms with van der Waals surface area (Å²) >= 11 is 0. The first kappa shape index (κ1) is 13.5. The Morgan fingerprint density at radius 1 is 1.62 bits per heavy atom. The van der Waals surface area contributed by atoms with Crippen molar-refractivity contribution < 1.29 is 9.53 Å². The van der Waals surface area contributed by atoms with Crippen LogP contribution in [0.4, 0.5) is 0 Å². The molecular weight excluding hydrogens is 204 g/mol. The molecule has 0 aliphatic carbocycles. The third-order valence-corrected chi connectivity index (χ3v) is 3.37. The number of hydrogen-bond acceptors (Lipinski definition) is 3. The molecule has 2 N–H and O–H groups in total. The Hall–Kier alpha value is -0.610. The van der Waals surface area contributed by atoms with Crippen molar-refractivity contribution in [1.82, 2.24) is 4.90 Å². The molecule has 2 atom stereocenters. The highest BCUT2D eigenvalue weighted by Crippen LogP contribution is 2.35. The lowest BCUT2D eigenvalue weighted by Crippen LogP contribution is -2.41. The first-order chi connectivity index (χ1) is 7.38. The van der Waals surface area contributed by atoms with Crippen molar-refractivity contribution in [2.75, 3.05) is 26.3 Å². The van der Waals surface area contributed by atoms with Gasteiger partial charge in [0, 0.05) is 25.6 Å². The summed E-state index contributed by atoms with van der Waals surface area (Å²) in [5.74, 6) is 0.460. The Labute approximate surface area is 98.1 Å². The molecule has 0 spiro atoms. The summed E-state index contributed by atoms with van der Waals surface area (Å²) in [7, 11) is 0. The number of hydrogen-bond donors (Lipinski definition) is 1. The second-order valence-electron chi connectivity index (χ2n) is 5.35. The predicted octanol–water partition coefficient (Wildman–Crippen LogP) is 0.855. The molecule has 94 valence electrons. The van der Waals surface area contributed by atoms with E-state index in [1.807, 2.05) is 11.8 Å². The Morgan fingerprint density at radius 3 is 2.75 bits per heavy atom. The zero-order valence-electron chi connectivity index (χ0n) is 10.8. The van der Waals surface area contributed by atoms with Crippen molar-refractivity contribution in [3.05, 3.63) is 0 Å². The van der Waals surface area contributed by atoms with Crippen LogP contribution in [-0.4, -0.2) is 43.2 Å². The quantitative estimate of drug-likeness (QED) is 0.776. The summed E-state index contributed by atoms with van der Waals surface area (Å²) < 4.78 is 5.47. The first-order valence-electron chi connectivity index (χ1n) is 6.00. The summed E-state index contributed by atoms with van der Waals surface area (Å²) in [6, 6.07) is -0.401. The van der Waals surface area contributed by atoms with E-state index in [4.69, 9.17) is 10.5 Å². The molecule has 4 nitrogen and oxygen atoms in total. The normalized spacial score (nSPS) is 25.8. The highest BCUT2D eigenvalue weighted by atomic mass is 16.5. The lowest BCUT2D eigenvalue weighted by Gasteiger charge is -2.24. The minimum absolute atomic E-state index is 0.0482. The number of amides is 1. The van der Waals surface area contributed by atoms with Gasteiger partial charge in [0.2, 0.25) is 5.91 Å². The van der Waals surface area contributed by atoms with Gasteiger partial charge in [0.05, 0.1) is 12.6 Å². The van der Waals surface area contributed by atoms with Crippen LogP contribution < -0.4 is 5.73 Å². The lowest BCUT2D eigenvalue weighted by molar-refractivity contribution is -0.131. The van der Waals surface area contributed by atoms with E-state index in [0.29, 0.717) is 5.92 Å². The summed E-state index contributed by atoms with van der Waals surface area (Å²) in [4.78, 5) is 13.7. The Bertz CT molecular complexity index is 251. The highest BCUT2D eigenvalue weighted by molar-refractivity contribution is 5.81. The van der Waals surface area contributed by atoms with E-state index in [9.17, 15) is 4.79 Å². The van der Waals surface area contributed by atoms with E-state index in [1.165, 1.54) is 0 Å². The van der Waals surface area contributed by atoms with Gasteiger partial charge in [0.25, 0.3) is 0 Å². The van der Waals surface area contributed by atoms with E-state index >= 15 is 0 Å². The molecule has 1 heterocycles. The number of nitrogens with two attached hydrogens (primary N) is 1. The van der Waals surface area contributed by atoms with Crippen LogP contribution in [0.2, 0.25) is 0 Å². The minimum atomic E-state index is -0.401. The van der Waals surface area contributed by atoms with Crippen LogP contribution in [0.25, 0.3) is 0 Å². The molecule has 1 rings (SSSR count). The SMILES string of the molecule is CCOC[C@@H]1CN(C(=O)[C@@H](C)N)CC1(C)C. The van der Waals surface area contributed by atoms with E-state index in [2.05, 4.69) is 13.8 Å². The van der Waals surface area contributed by atoms with Crippen LogP contribution >= 0.6 is 0 Å². The maximum atomic E-state index is 11.8. The summed E-state index contributed by atoms with van der Waals surface area (Å²) in [5, 5.41) is 0. The molecule has 4 heteroatoms. The molecular formula is C12H24N2O2. The zero-order valence-corrected chi connectivity index (χ0v) is 10.8. The molecule has 0 aromatic rings. The van der Waals surface area contributed by atoms with Crippen LogP contribution in [0.5, 0.6) is 0 Å². The molecule has 0 aromatic heterocycles. The molecule has 0 bridgehead atoms. The number of likely N-dealkylation sites (tertiary alicyclic amines) is 1. The number of nitrogens with zero attached hydrogens (tertiary/aromatic N) is 1. The van der Waals surface area contributed by atoms with E-state index in [-0.39, 0.29) is 11.3 Å². The average molecular weight is 228 g/mol. The van der Waals surface area contributed by atoms with Gasteiger partial charge in [0.15, 0.2) is 0 Å². The van der Waals surface area contributed by atoms with Crippen molar-refractivity contribution >= 4 is 5.91 Å². The second kappa shape index (κ2) is 5.15. The van der Waals surface area contributed by atoms with Crippen LogP contribution in [0.3, 0.4) is 0 Å². The minimum Gasteiger partial charge on any atom is -0.381 e. The molecule has 0 radical (unpaired) electrons. The van der Waals surface area contributed by atoms with E-state index in [0.717, 1.165) is 26.3 Å². The molecule has 0 aromatic carbocycles. The van der Waals surface area contributed by atoms with Gasteiger partial charge in [-0.2, -0.15) is 0 Å². The van der Waals surface area contributed by atoms with Crippen LogP contribution in [0.15, 0.2) is 0 Å². The zero-order chi connectivity index (χ0) is 12.3. The number of carbonyl (C=O) groups is 1. The van der Waals surface area contributed by atoms with Crippen molar-refractivity contribution in [2.24, 2.45) is 17.1 Å². The van der Waals surface area contributed by atoms with Gasteiger partial charge in [-0.15, -0.1) is 0 Å². The number of rotatable bonds is 4. The third-order valence-electron chi connectivity index (χ3n) is 3.37. The van der Waals surface area contributed by atoms with E-state index in [1.54, 1.807) is 6.92 Å². The van der Waals surface area contributed by atoms with Gasteiger partial charge in [0.1, 0.15) is 0 Å². The largest absolute Gasteiger partial charge is 0.381 e. The molecule has 1 aliphatic heterocycles. The maximum Gasteiger partial charge on any atom is 0.239 e. The van der Waals surface area contributed by atoms with Crippen molar-refractivity contribution in [3.8, 4) is 0 Å². The second-order valence-corrected chi connectivity index (χ2v) is 5.35. The first-order valence-corrected chi connectivity index (χ1v) is 6.00. The predicted molar refractivity (Wildman–Crippen MR) is 64.0 cm³/mol. The average Bonchev–Trinajstić information content (AvgIpc) is 2.49. The van der Waals surface area contributed by atoms with Gasteiger partial charge in [-0.05, 0) is 19.3 Å². The van der Waals surface area contributed by atoms with E-state index < -0.39 is 6.04 Å². The number of carbonyl (C=O) groups excluding carboxylic acids is 1. The van der Waals surface area contributed by atoms with Crippen LogP contribution in [0, 0.1) is 11.3 Å². The summed E-state index contributed by atoms with van der Waals surface area (Å²) in [6.07, 6.45) is 0. The molecule has 16 heavy (non-hydrogen) atoms. The van der Waals surface area contributed by atoms with Crippen LogP contribution in [0.1, 0.15) is 27.7 Å². The third kappa shape index (κ3) is 2.95. The van der Waals surface area contributed by atoms with Gasteiger partial charge in [-0.3, -0.25) is 4.79 Å². The van der Waals surface area contributed by atoms with Crippen LogP contribution in [-0.2, 0) is 9.53 Å². The Morgan fingerprint density at radius 2 is 2.25 bits per heavy atom. The molecule has 1 saturated heterocycles. The lowest BCUT2D eigenvalue weighted by atomic mass is 9.83. The highest BCUT2D eigenvalue weighted by Gasteiger charge is 2.41. The van der Waals surface area contributed by atoms with Gasteiger partial charge >= 0.3 is 0 Å². The fourth-order valence-electron chi connectivity index (χ4n) is 2.19. The molecule has 1 aliphatic rings. The Kier molecular flexibility index (Phi) is 4.33. The van der Waals surface area contributed by atoms with Crippen molar-refractivity contribution in [3.63, 3.8) is 0 Å². The molecule has 0 saturated carbocycles. The van der Waals surface area contributed by atoms with Crippen molar-refractivity contribution in [1.29, 1.82) is 0 Å². The maximum absolute atomic E-state index is 11.8. The summed E-state index contributed by atoms with van der Waals surface area (Å²) in [6.45, 7) is 11.1. The van der Waals surface area contributed by atoms with Crippen molar-refractivity contribution in [2.45, 2.75) is 33.7 Å². The van der Waals surface area contributed by atoms with Gasteiger partial charge in [-0.1, -0.05) is 13.8 Å². The monoisotopic (exact) mass is 228 g/mol. The fraction of sp³-hybridized carbons (Fsp3) is 0.917. The molecule has 1 amide bonds. The van der Waals surface area contributed by atoms with Gasteiger partial charge in [-0.25, -0.2) is 0 Å². The Balaban J connectivity index is 2.60. The molecule has 0 unspecified atom stereocenters. The topological polar surface area (TPSA) is 55.6 Å². The standard InChI is InChI=1S/C12H24N2O2/c1-5-16-7-10-6-14(8-12(10,3)4)11(15)9(2)13/h9-10H,5-8,13H2,1-4H3/t9-,10+/m1/s1. The molecule has 1 fully saturated rings. The van der Waals surface area contributed by atoms with Gasteiger partial charge < -0.3 is 15.4 Å².